The third-order valence-electron chi connectivity index (χ3n) is 3.73. The van der Waals surface area contributed by atoms with Crippen molar-refractivity contribution in [1.29, 1.82) is 0 Å². The molecule has 0 spiro atoms. The van der Waals surface area contributed by atoms with E-state index in [9.17, 15) is 14.0 Å². The zero-order valence-corrected chi connectivity index (χ0v) is 13.5. The molecular weight excluding hydrogens is 327 g/mol. The van der Waals surface area contributed by atoms with E-state index in [1.807, 2.05) is 6.92 Å². The molecule has 3 N–H and O–H groups in total. The fourth-order valence-electron chi connectivity index (χ4n) is 2.35. The van der Waals surface area contributed by atoms with Gasteiger partial charge in [0.25, 0.3) is 5.56 Å². The van der Waals surface area contributed by atoms with Crippen molar-refractivity contribution in [2.75, 3.05) is 18.0 Å². The molecule has 0 unspecified atom stereocenters. The van der Waals surface area contributed by atoms with Crippen LogP contribution in [-0.4, -0.2) is 39.2 Å². The van der Waals surface area contributed by atoms with Crippen LogP contribution >= 0.6 is 0 Å². The first kappa shape index (κ1) is 16.6. The van der Waals surface area contributed by atoms with Crippen LogP contribution in [0, 0.1) is 5.82 Å². The van der Waals surface area contributed by atoms with Crippen LogP contribution in [0.1, 0.15) is 12.5 Å². The van der Waals surface area contributed by atoms with Gasteiger partial charge in [-0.3, -0.25) is 19.7 Å². The molecule has 0 aliphatic rings. The van der Waals surface area contributed by atoms with Crippen LogP contribution in [-0.2, 0) is 11.3 Å². The summed E-state index contributed by atoms with van der Waals surface area (Å²) < 4.78 is 12.9. The lowest BCUT2D eigenvalue weighted by molar-refractivity contribution is -0.119. The normalized spacial score (nSPS) is 10.8. The van der Waals surface area contributed by atoms with Gasteiger partial charge in [-0.25, -0.2) is 4.39 Å². The Labute approximate surface area is 142 Å². The molecular formula is C16H17FN6O2. The number of benzene rings is 1. The highest BCUT2D eigenvalue weighted by Crippen LogP contribution is 2.09. The number of amides is 1. The molecule has 0 bridgehead atoms. The summed E-state index contributed by atoms with van der Waals surface area (Å²) in [6.07, 6.45) is 1.40. The number of carbonyl (C=O) groups excluding carboxylic acids is 1. The average molecular weight is 344 g/mol. The summed E-state index contributed by atoms with van der Waals surface area (Å²) in [6, 6.07) is 5.90. The van der Waals surface area contributed by atoms with Gasteiger partial charge in [0.15, 0.2) is 5.65 Å². The van der Waals surface area contributed by atoms with Crippen molar-refractivity contribution >= 4 is 22.9 Å². The van der Waals surface area contributed by atoms with Gasteiger partial charge in [0.2, 0.25) is 11.9 Å². The van der Waals surface area contributed by atoms with E-state index in [1.165, 1.54) is 18.3 Å². The number of halogens is 1. The van der Waals surface area contributed by atoms with E-state index < -0.39 is 0 Å². The molecule has 25 heavy (non-hydrogen) atoms. The monoisotopic (exact) mass is 344 g/mol. The molecule has 3 aromatic rings. The van der Waals surface area contributed by atoms with Crippen LogP contribution in [0.3, 0.4) is 0 Å². The smallest absolute Gasteiger partial charge is 0.263 e. The molecule has 0 aliphatic heterocycles. The van der Waals surface area contributed by atoms with Crippen molar-refractivity contribution in [2.24, 2.45) is 0 Å². The lowest BCUT2D eigenvalue weighted by atomic mass is 10.2. The molecule has 1 amide bonds. The summed E-state index contributed by atoms with van der Waals surface area (Å²) in [4.78, 5) is 32.7. The number of hydrogen-bond donors (Lipinski definition) is 3. The number of likely N-dealkylation sites (N-methyl/N-ethyl adjacent to an activating group) is 1. The fourth-order valence-corrected chi connectivity index (χ4v) is 2.35. The van der Waals surface area contributed by atoms with E-state index in [4.69, 9.17) is 0 Å². The van der Waals surface area contributed by atoms with Crippen LogP contribution in [0.15, 0.2) is 35.3 Å². The van der Waals surface area contributed by atoms with Crippen molar-refractivity contribution in [3.63, 3.8) is 0 Å². The Bertz CT molecular complexity index is 934. The van der Waals surface area contributed by atoms with Gasteiger partial charge in [0, 0.05) is 13.1 Å². The lowest BCUT2D eigenvalue weighted by Gasteiger charge is -2.20. The number of rotatable bonds is 6. The minimum atomic E-state index is -0.323. The van der Waals surface area contributed by atoms with Gasteiger partial charge in [0.05, 0.1) is 12.7 Å². The highest BCUT2D eigenvalue weighted by molar-refractivity contribution is 5.81. The topological polar surface area (TPSA) is 107 Å². The van der Waals surface area contributed by atoms with Gasteiger partial charge >= 0.3 is 0 Å². The second-order valence-corrected chi connectivity index (χ2v) is 5.44. The highest BCUT2D eigenvalue weighted by Gasteiger charge is 2.14. The Hall–Kier alpha value is -3.23. The molecule has 8 nitrogen and oxygen atoms in total. The summed E-state index contributed by atoms with van der Waals surface area (Å²) >= 11 is 0. The van der Waals surface area contributed by atoms with E-state index in [1.54, 1.807) is 17.0 Å². The van der Waals surface area contributed by atoms with E-state index in [2.05, 4.69) is 25.5 Å². The fraction of sp³-hybridized carbons (Fsp3) is 0.250. The molecule has 0 saturated heterocycles. The molecule has 130 valence electrons. The maximum Gasteiger partial charge on any atom is 0.263 e. The summed E-state index contributed by atoms with van der Waals surface area (Å²) in [6.45, 7) is 2.65. The molecule has 0 aliphatic carbocycles. The van der Waals surface area contributed by atoms with Crippen molar-refractivity contribution < 1.29 is 9.18 Å². The quantitative estimate of drug-likeness (QED) is 0.617. The Morgan fingerprint density at radius 3 is 2.80 bits per heavy atom. The van der Waals surface area contributed by atoms with Gasteiger partial charge < -0.3 is 10.2 Å². The van der Waals surface area contributed by atoms with E-state index >= 15 is 0 Å². The Balaban J connectivity index is 1.67. The van der Waals surface area contributed by atoms with Crippen molar-refractivity contribution in [3.05, 3.63) is 52.2 Å². The standard InChI is InChI=1S/C16H17FN6O2/c1-2-23(16-20-14-12(8-19-22-14)15(25)21-16)9-13(24)18-7-10-3-5-11(17)6-4-10/h3-6,8H,2,7,9H2,1H3,(H,18,24)(H2,19,20,21,22,25). The highest BCUT2D eigenvalue weighted by atomic mass is 19.1. The molecule has 1 aromatic carbocycles. The Kier molecular flexibility index (Phi) is 4.73. The molecule has 2 heterocycles. The van der Waals surface area contributed by atoms with Crippen LogP contribution in [0.2, 0.25) is 0 Å². The van der Waals surface area contributed by atoms with Gasteiger partial charge in [0.1, 0.15) is 11.2 Å². The number of fused-ring (bicyclic) bond motifs is 1. The van der Waals surface area contributed by atoms with Crippen LogP contribution in [0.4, 0.5) is 10.3 Å². The molecule has 0 atom stereocenters. The van der Waals surface area contributed by atoms with Gasteiger partial charge in [-0.1, -0.05) is 12.1 Å². The number of aromatic nitrogens is 4. The lowest BCUT2D eigenvalue weighted by Crippen LogP contribution is -2.38. The molecule has 3 rings (SSSR count). The molecule has 9 heteroatoms. The number of carbonyl (C=O) groups is 1. The van der Waals surface area contributed by atoms with Crippen molar-refractivity contribution in [1.82, 2.24) is 25.5 Å². The minimum Gasteiger partial charge on any atom is -0.350 e. The maximum absolute atomic E-state index is 12.9. The minimum absolute atomic E-state index is 0.0281. The Morgan fingerprint density at radius 1 is 1.32 bits per heavy atom. The van der Waals surface area contributed by atoms with Crippen LogP contribution < -0.4 is 15.8 Å². The predicted octanol–water partition coefficient (Wildman–Crippen LogP) is 0.928. The SMILES string of the molecule is CCN(CC(=O)NCc1ccc(F)cc1)c1nc2[nH]ncc2c(=O)[nH]1. The first-order valence-electron chi connectivity index (χ1n) is 7.76. The van der Waals surface area contributed by atoms with E-state index in [0.717, 1.165) is 5.56 Å². The third kappa shape index (κ3) is 3.82. The molecule has 2 aromatic heterocycles. The average Bonchev–Trinajstić information content (AvgIpc) is 3.08. The largest absolute Gasteiger partial charge is 0.350 e. The Morgan fingerprint density at radius 2 is 2.08 bits per heavy atom. The van der Waals surface area contributed by atoms with E-state index in [-0.39, 0.29) is 23.8 Å². The first-order valence-corrected chi connectivity index (χ1v) is 7.76. The number of H-pyrrole nitrogens is 2. The number of anilines is 1. The number of nitrogens with zero attached hydrogens (tertiary/aromatic N) is 3. The van der Waals surface area contributed by atoms with Gasteiger partial charge in [-0.15, -0.1) is 0 Å². The zero-order valence-electron chi connectivity index (χ0n) is 13.5. The molecule has 0 radical (unpaired) electrons. The van der Waals surface area contributed by atoms with Crippen molar-refractivity contribution in [2.45, 2.75) is 13.5 Å². The molecule has 0 fully saturated rings. The molecule has 0 saturated carbocycles. The van der Waals surface area contributed by atoms with Crippen LogP contribution in [0.5, 0.6) is 0 Å². The number of nitrogens with one attached hydrogen (secondary N) is 3. The number of hydrogen-bond acceptors (Lipinski definition) is 5. The third-order valence-corrected chi connectivity index (χ3v) is 3.73. The number of aromatic amines is 2. The summed E-state index contributed by atoms with van der Waals surface area (Å²) in [5.41, 5.74) is 0.839. The van der Waals surface area contributed by atoms with Gasteiger partial charge in [-0.2, -0.15) is 10.1 Å². The summed E-state index contributed by atoms with van der Waals surface area (Å²) in [5, 5.41) is 9.55. The second-order valence-electron chi connectivity index (χ2n) is 5.44. The predicted molar refractivity (Wildman–Crippen MR) is 90.6 cm³/mol. The van der Waals surface area contributed by atoms with Crippen molar-refractivity contribution in [3.8, 4) is 0 Å². The summed E-state index contributed by atoms with van der Waals surface area (Å²) in [5.74, 6) is -0.267. The van der Waals surface area contributed by atoms with Crippen LogP contribution in [0.25, 0.3) is 11.0 Å². The van der Waals surface area contributed by atoms with E-state index in [0.29, 0.717) is 30.1 Å². The maximum atomic E-state index is 12.9. The zero-order chi connectivity index (χ0) is 17.8. The second kappa shape index (κ2) is 7.12. The summed E-state index contributed by atoms with van der Waals surface area (Å²) in [7, 11) is 0. The van der Waals surface area contributed by atoms with Gasteiger partial charge in [-0.05, 0) is 24.6 Å². The first-order chi connectivity index (χ1) is 12.1.